The van der Waals surface area contributed by atoms with Crippen LogP contribution < -0.4 is 9.47 Å². The fourth-order valence-electron chi connectivity index (χ4n) is 5.47. The Morgan fingerprint density at radius 2 is 1.88 bits per heavy atom. The highest BCUT2D eigenvalue weighted by atomic mass is 16.5. The molecule has 176 valence electrons. The van der Waals surface area contributed by atoms with Crippen molar-refractivity contribution in [1.82, 2.24) is 9.88 Å². The van der Waals surface area contributed by atoms with E-state index in [4.69, 9.17) is 14.2 Å². The number of rotatable bonds is 7. The first-order valence-electron chi connectivity index (χ1n) is 11.8. The number of pyridine rings is 1. The summed E-state index contributed by atoms with van der Waals surface area (Å²) in [4.78, 5) is 20.3. The molecule has 2 bridgehead atoms. The monoisotopic (exact) mass is 458 g/mol. The van der Waals surface area contributed by atoms with Gasteiger partial charge >= 0.3 is 5.97 Å². The Kier molecular flexibility index (Phi) is 6.24. The quantitative estimate of drug-likeness (QED) is 0.365. The number of nitrogens with zero attached hydrogens (tertiary/aromatic N) is 2. The molecule has 4 heterocycles. The van der Waals surface area contributed by atoms with E-state index in [1.165, 1.54) is 0 Å². The van der Waals surface area contributed by atoms with E-state index >= 15 is 0 Å². The first-order chi connectivity index (χ1) is 16.6. The highest BCUT2D eigenvalue weighted by molar-refractivity contribution is 5.90. The molecule has 5 atom stereocenters. The topological polar surface area (TPSA) is 60.9 Å². The highest BCUT2D eigenvalue weighted by Crippen LogP contribution is 2.44. The number of carbonyl (C=O) groups excluding carboxylic acids is 1. The normalized spacial score (nSPS) is 24.4. The molecule has 6 heteroatoms. The summed E-state index contributed by atoms with van der Waals surface area (Å²) in [5.74, 6) is 2.14. The third kappa shape index (κ3) is 4.14. The molecule has 0 saturated carbocycles. The molecule has 0 spiro atoms. The van der Waals surface area contributed by atoms with Gasteiger partial charge in [0.1, 0.15) is 17.6 Å². The van der Waals surface area contributed by atoms with Gasteiger partial charge in [0, 0.05) is 23.7 Å². The maximum Gasteiger partial charge on any atom is 0.338 e. The van der Waals surface area contributed by atoms with Crippen LogP contribution in [0.3, 0.4) is 0 Å². The third-order valence-electron chi connectivity index (χ3n) is 7.35. The van der Waals surface area contributed by atoms with E-state index in [9.17, 15) is 4.79 Å². The van der Waals surface area contributed by atoms with E-state index in [0.29, 0.717) is 23.1 Å². The van der Waals surface area contributed by atoms with E-state index in [0.717, 1.165) is 48.1 Å². The van der Waals surface area contributed by atoms with Crippen LogP contribution in [0.2, 0.25) is 0 Å². The van der Waals surface area contributed by atoms with Crippen molar-refractivity contribution in [1.29, 1.82) is 0 Å². The minimum atomic E-state index is -0.430. The Morgan fingerprint density at radius 3 is 2.56 bits per heavy atom. The van der Waals surface area contributed by atoms with Gasteiger partial charge in [0.25, 0.3) is 0 Å². The average molecular weight is 459 g/mol. The maximum absolute atomic E-state index is 13.3. The SMILES string of the molecule is C=C[C@@H]1CN2CC[C@H]1C[C@H]2[C@@H](OC(=O)c1ccc(OC)cc1)c1ccnc2ccc(OC)cc12. The Hall–Kier alpha value is -3.38. The van der Waals surface area contributed by atoms with Crippen molar-refractivity contribution in [3.05, 3.63) is 78.5 Å². The molecule has 6 nitrogen and oxygen atoms in total. The van der Waals surface area contributed by atoms with Crippen molar-refractivity contribution in [2.45, 2.75) is 25.0 Å². The molecule has 1 unspecified atom stereocenters. The molecular weight excluding hydrogens is 428 g/mol. The maximum atomic E-state index is 13.3. The van der Waals surface area contributed by atoms with Crippen LogP contribution in [0.15, 0.2) is 67.4 Å². The average Bonchev–Trinajstić information content (AvgIpc) is 2.91. The van der Waals surface area contributed by atoms with E-state index in [-0.39, 0.29) is 12.0 Å². The number of fused-ring (bicyclic) bond motifs is 4. The molecule has 6 rings (SSSR count). The van der Waals surface area contributed by atoms with Crippen molar-refractivity contribution in [3.8, 4) is 11.5 Å². The van der Waals surface area contributed by atoms with Crippen LogP contribution in [-0.4, -0.2) is 49.2 Å². The summed E-state index contributed by atoms with van der Waals surface area (Å²) < 4.78 is 17.0. The minimum absolute atomic E-state index is 0.0916. The summed E-state index contributed by atoms with van der Waals surface area (Å²) in [7, 11) is 3.26. The second-order valence-corrected chi connectivity index (χ2v) is 9.08. The van der Waals surface area contributed by atoms with Crippen LogP contribution in [0.4, 0.5) is 0 Å². The van der Waals surface area contributed by atoms with Crippen molar-refractivity contribution >= 4 is 16.9 Å². The summed E-state index contributed by atoms with van der Waals surface area (Å²) in [6.07, 6.45) is 5.56. The number of benzene rings is 2. The summed E-state index contributed by atoms with van der Waals surface area (Å²) in [6, 6.07) is 14.9. The van der Waals surface area contributed by atoms with Crippen LogP contribution >= 0.6 is 0 Å². The number of piperidine rings is 3. The molecule has 3 aliphatic rings. The van der Waals surface area contributed by atoms with Crippen LogP contribution in [0.5, 0.6) is 11.5 Å². The van der Waals surface area contributed by atoms with Crippen molar-refractivity contribution in [2.75, 3.05) is 27.3 Å². The molecule has 0 amide bonds. The minimum Gasteiger partial charge on any atom is -0.497 e. The van der Waals surface area contributed by atoms with Crippen LogP contribution in [0, 0.1) is 11.8 Å². The molecule has 3 aliphatic heterocycles. The van der Waals surface area contributed by atoms with Gasteiger partial charge < -0.3 is 14.2 Å². The summed E-state index contributed by atoms with van der Waals surface area (Å²) in [5.41, 5.74) is 2.31. The zero-order chi connectivity index (χ0) is 23.7. The van der Waals surface area contributed by atoms with Gasteiger partial charge in [0.15, 0.2) is 0 Å². The largest absolute Gasteiger partial charge is 0.497 e. The number of methoxy groups -OCH3 is 2. The number of ether oxygens (including phenoxy) is 3. The number of hydrogen-bond donors (Lipinski definition) is 0. The van der Waals surface area contributed by atoms with Gasteiger partial charge in [0.2, 0.25) is 0 Å². The second kappa shape index (κ2) is 9.47. The fourth-order valence-corrected chi connectivity index (χ4v) is 5.47. The molecular formula is C28H30N2O4. The fraction of sp³-hybridized carbons (Fsp3) is 0.357. The molecule has 1 aromatic heterocycles. The lowest BCUT2D eigenvalue weighted by molar-refractivity contribution is -0.0568. The first-order valence-corrected chi connectivity index (χ1v) is 11.8. The van der Waals surface area contributed by atoms with Gasteiger partial charge in [-0.1, -0.05) is 6.08 Å². The molecule has 3 saturated heterocycles. The third-order valence-corrected chi connectivity index (χ3v) is 7.35. The number of esters is 1. The van der Waals surface area contributed by atoms with Crippen LogP contribution in [-0.2, 0) is 4.74 Å². The Labute approximate surface area is 200 Å². The smallest absolute Gasteiger partial charge is 0.338 e. The second-order valence-electron chi connectivity index (χ2n) is 9.08. The van der Waals surface area contributed by atoms with Gasteiger partial charge in [-0.05, 0) is 79.8 Å². The first kappa shape index (κ1) is 22.4. The van der Waals surface area contributed by atoms with Gasteiger partial charge in [-0.15, -0.1) is 6.58 Å². The molecule has 0 N–H and O–H groups in total. The summed E-state index contributed by atoms with van der Waals surface area (Å²) in [6.45, 7) is 6.00. The van der Waals surface area contributed by atoms with Crippen LogP contribution in [0.1, 0.15) is 34.9 Å². The zero-order valence-corrected chi connectivity index (χ0v) is 19.6. The Morgan fingerprint density at radius 1 is 1.12 bits per heavy atom. The number of hydrogen-bond acceptors (Lipinski definition) is 6. The molecule has 0 aliphatic carbocycles. The van der Waals surface area contributed by atoms with Crippen LogP contribution in [0.25, 0.3) is 10.9 Å². The highest BCUT2D eigenvalue weighted by Gasteiger charge is 2.44. The lowest BCUT2D eigenvalue weighted by Crippen LogP contribution is -2.55. The predicted molar refractivity (Wildman–Crippen MR) is 131 cm³/mol. The molecule has 2 aromatic carbocycles. The van der Waals surface area contributed by atoms with Gasteiger partial charge in [-0.3, -0.25) is 9.88 Å². The number of aromatic nitrogens is 1. The zero-order valence-electron chi connectivity index (χ0n) is 19.6. The van der Waals surface area contributed by atoms with Crippen molar-refractivity contribution in [3.63, 3.8) is 0 Å². The van der Waals surface area contributed by atoms with E-state index in [1.54, 1.807) is 44.7 Å². The predicted octanol–water partition coefficient (Wildman–Crippen LogP) is 5.05. The molecule has 3 aromatic rings. The lowest BCUT2D eigenvalue weighted by Gasteiger charge is -2.51. The Balaban J connectivity index is 1.54. The van der Waals surface area contributed by atoms with Crippen molar-refractivity contribution in [2.24, 2.45) is 11.8 Å². The van der Waals surface area contributed by atoms with Gasteiger partial charge in [-0.25, -0.2) is 4.79 Å². The van der Waals surface area contributed by atoms with E-state index in [2.05, 4.69) is 22.5 Å². The molecule has 0 radical (unpaired) electrons. The Bertz CT molecular complexity index is 1190. The van der Waals surface area contributed by atoms with E-state index in [1.807, 2.05) is 24.3 Å². The summed E-state index contributed by atoms with van der Waals surface area (Å²) in [5, 5.41) is 0.942. The standard InChI is InChI=1S/C28H30N2O4/c1-4-18-17-30-14-12-20(18)15-26(30)27(34-28(31)19-5-7-21(32-2)8-6-19)23-11-13-29-25-10-9-22(33-3)16-24(23)25/h4-11,13,16,18,20,26-27H,1,12,14-15,17H2,2-3H3/t18-,20+,26+,27+/m1/s1. The number of carbonyl (C=O) groups is 1. The molecule has 3 fully saturated rings. The van der Waals surface area contributed by atoms with Gasteiger partial charge in [-0.2, -0.15) is 0 Å². The van der Waals surface area contributed by atoms with E-state index < -0.39 is 6.10 Å². The summed E-state index contributed by atoms with van der Waals surface area (Å²) >= 11 is 0. The molecule has 34 heavy (non-hydrogen) atoms. The lowest BCUT2D eigenvalue weighted by atomic mass is 9.73. The van der Waals surface area contributed by atoms with Gasteiger partial charge in [0.05, 0.1) is 31.3 Å². The van der Waals surface area contributed by atoms with Crippen molar-refractivity contribution < 1.29 is 19.0 Å².